The van der Waals surface area contributed by atoms with Gasteiger partial charge in [-0.05, 0) is 46.1 Å². The summed E-state index contributed by atoms with van der Waals surface area (Å²) in [7, 11) is 1.98. The molecule has 0 radical (unpaired) electrons. The van der Waals surface area contributed by atoms with E-state index in [1.165, 1.54) is 4.90 Å². The molecular weight excluding hydrogens is 316 g/mol. The Balaban J connectivity index is 2.21. The smallest absolute Gasteiger partial charge is 0.408 e. The molecule has 0 bridgehead atoms. The molecule has 1 aromatic carbocycles. The second-order valence-electron chi connectivity index (χ2n) is 7.69. The number of hydrogen-bond donors (Lipinski definition) is 1. The van der Waals surface area contributed by atoms with Crippen LogP contribution in [0.4, 0.5) is 4.79 Å². The minimum absolute atomic E-state index is 0.0525. The molecule has 1 aliphatic heterocycles. The number of Topliss-reactive ketones (excluding diaryl/α,β-unsaturated/α-hetero) is 1. The van der Waals surface area contributed by atoms with Gasteiger partial charge in [0.15, 0.2) is 5.78 Å². The molecule has 136 valence electrons. The van der Waals surface area contributed by atoms with Crippen molar-refractivity contribution in [1.82, 2.24) is 9.80 Å². The highest BCUT2D eigenvalue weighted by atomic mass is 16.4. The standard InChI is InChI=1S/C20H28N2O3/c1-14(22(19(24)25)20(2,3)4)15-8-10-16(11-9-15)18(23)17-7-6-12-21(5)13-17/h8-11,13-14H,6-7,12H2,1-5H3,(H,24,25)/t14-/m0/s1. The number of benzene rings is 1. The largest absolute Gasteiger partial charge is 0.465 e. The van der Waals surface area contributed by atoms with Crippen LogP contribution in [0.15, 0.2) is 36.0 Å². The van der Waals surface area contributed by atoms with Gasteiger partial charge >= 0.3 is 6.09 Å². The Hall–Kier alpha value is -2.30. The van der Waals surface area contributed by atoms with Gasteiger partial charge in [0, 0.05) is 36.5 Å². The van der Waals surface area contributed by atoms with E-state index in [4.69, 9.17) is 0 Å². The molecule has 0 aromatic heterocycles. The van der Waals surface area contributed by atoms with E-state index in [-0.39, 0.29) is 11.8 Å². The molecular formula is C20H28N2O3. The highest BCUT2D eigenvalue weighted by molar-refractivity contribution is 6.08. The molecule has 5 heteroatoms. The highest BCUT2D eigenvalue weighted by Crippen LogP contribution is 2.29. The SMILES string of the molecule is C[C@@H](c1ccc(C(=O)C2=CN(C)CCC2)cc1)N(C(=O)O)C(C)(C)C. The van der Waals surface area contributed by atoms with Crippen LogP contribution in [0.5, 0.6) is 0 Å². The quantitative estimate of drug-likeness (QED) is 0.827. The number of amides is 1. The van der Waals surface area contributed by atoms with Crippen LogP contribution >= 0.6 is 0 Å². The van der Waals surface area contributed by atoms with Crippen molar-refractivity contribution in [3.8, 4) is 0 Å². The highest BCUT2D eigenvalue weighted by Gasteiger charge is 2.31. The summed E-state index contributed by atoms with van der Waals surface area (Å²) in [6.45, 7) is 8.48. The van der Waals surface area contributed by atoms with Crippen LogP contribution in [-0.4, -0.2) is 45.9 Å². The second kappa shape index (κ2) is 7.30. The van der Waals surface area contributed by atoms with Gasteiger partial charge in [0.2, 0.25) is 0 Å². The lowest BCUT2D eigenvalue weighted by atomic mass is 9.95. The zero-order chi connectivity index (χ0) is 18.8. The Morgan fingerprint density at radius 2 is 1.80 bits per heavy atom. The van der Waals surface area contributed by atoms with Gasteiger partial charge in [-0.25, -0.2) is 4.79 Å². The minimum atomic E-state index is -0.949. The van der Waals surface area contributed by atoms with Crippen molar-refractivity contribution in [2.75, 3.05) is 13.6 Å². The number of nitrogens with zero attached hydrogens (tertiary/aromatic N) is 2. The molecule has 1 amide bonds. The molecule has 2 rings (SSSR count). The molecule has 1 aromatic rings. The molecule has 1 N–H and O–H groups in total. The minimum Gasteiger partial charge on any atom is -0.465 e. The molecule has 5 nitrogen and oxygen atoms in total. The van der Waals surface area contributed by atoms with E-state index in [1.807, 2.05) is 58.0 Å². The first-order chi connectivity index (χ1) is 11.6. The molecule has 0 aliphatic carbocycles. The molecule has 0 unspecified atom stereocenters. The second-order valence-corrected chi connectivity index (χ2v) is 7.69. The Labute approximate surface area is 149 Å². The Bertz CT molecular complexity index is 671. The van der Waals surface area contributed by atoms with Gasteiger partial charge in [0.05, 0.1) is 6.04 Å². The summed E-state index contributed by atoms with van der Waals surface area (Å²) in [6.07, 6.45) is 2.77. The predicted molar refractivity (Wildman–Crippen MR) is 98.8 cm³/mol. The fraction of sp³-hybridized carbons (Fsp3) is 0.500. The first-order valence-electron chi connectivity index (χ1n) is 8.69. The number of rotatable bonds is 4. The lowest BCUT2D eigenvalue weighted by molar-refractivity contribution is 0.0752. The van der Waals surface area contributed by atoms with Gasteiger partial charge in [0.1, 0.15) is 0 Å². The van der Waals surface area contributed by atoms with Crippen molar-refractivity contribution >= 4 is 11.9 Å². The van der Waals surface area contributed by atoms with Crippen LogP contribution < -0.4 is 0 Å². The number of carboxylic acid groups (broad SMARTS) is 1. The summed E-state index contributed by atoms with van der Waals surface area (Å²) in [5.41, 5.74) is 1.85. The molecule has 25 heavy (non-hydrogen) atoms. The summed E-state index contributed by atoms with van der Waals surface area (Å²) >= 11 is 0. The number of carbonyl (C=O) groups is 2. The number of carbonyl (C=O) groups excluding carboxylic acids is 1. The third-order valence-corrected chi connectivity index (χ3v) is 4.60. The maximum atomic E-state index is 12.6. The lowest BCUT2D eigenvalue weighted by Gasteiger charge is -2.38. The predicted octanol–water partition coefficient (Wildman–Crippen LogP) is 4.32. The van der Waals surface area contributed by atoms with Crippen molar-refractivity contribution < 1.29 is 14.7 Å². The summed E-state index contributed by atoms with van der Waals surface area (Å²) in [5, 5.41) is 9.54. The van der Waals surface area contributed by atoms with Gasteiger partial charge < -0.3 is 10.0 Å². The van der Waals surface area contributed by atoms with E-state index >= 15 is 0 Å². The van der Waals surface area contributed by atoms with Crippen LogP contribution in [-0.2, 0) is 0 Å². The number of hydrogen-bond acceptors (Lipinski definition) is 3. The monoisotopic (exact) mass is 344 g/mol. The van der Waals surface area contributed by atoms with Crippen molar-refractivity contribution in [2.24, 2.45) is 0 Å². The van der Waals surface area contributed by atoms with Crippen molar-refractivity contribution in [3.63, 3.8) is 0 Å². The zero-order valence-corrected chi connectivity index (χ0v) is 15.7. The van der Waals surface area contributed by atoms with E-state index in [1.54, 1.807) is 12.1 Å². The topological polar surface area (TPSA) is 60.9 Å². The molecule has 0 saturated carbocycles. The van der Waals surface area contributed by atoms with Crippen LogP contribution in [0.3, 0.4) is 0 Å². The van der Waals surface area contributed by atoms with Crippen molar-refractivity contribution in [3.05, 3.63) is 47.2 Å². The van der Waals surface area contributed by atoms with E-state index in [0.717, 1.165) is 30.5 Å². The summed E-state index contributed by atoms with van der Waals surface area (Å²) < 4.78 is 0. The Kier molecular flexibility index (Phi) is 5.55. The molecule has 0 fully saturated rings. The molecule has 1 heterocycles. The van der Waals surface area contributed by atoms with E-state index in [2.05, 4.69) is 0 Å². The average Bonchev–Trinajstić information content (AvgIpc) is 2.52. The normalized spacial score (nSPS) is 16.2. The van der Waals surface area contributed by atoms with Crippen molar-refractivity contribution in [2.45, 2.75) is 52.1 Å². The summed E-state index contributed by atoms with van der Waals surface area (Å²) in [4.78, 5) is 27.7. The van der Waals surface area contributed by atoms with E-state index in [9.17, 15) is 14.7 Å². The average molecular weight is 344 g/mol. The molecule has 1 aliphatic rings. The van der Waals surface area contributed by atoms with Gasteiger partial charge in [-0.1, -0.05) is 24.3 Å². The zero-order valence-electron chi connectivity index (χ0n) is 15.7. The van der Waals surface area contributed by atoms with E-state index in [0.29, 0.717) is 5.56 Å². The maximum absolute atomic E-state index is 12.6. The van der Waals surface area contributed by atoms with Crippen LogP contribution in [0.2, 0.25) is 0 Å². The van der Waals surface area contributed by atoms with E-state index < -0.39 is 11.6 Å². The summed E-state index contributed by atoms with van der Waals surface area (Å²) in [5.74, 6) is 0.0525. The number of allylic oxidation sites excluding steroid dienone is 1. The molecule has 0 saturated heterocycles. The molecule has 0 spiro atoms. The lowest BCUT2D eigenvalue weighted by Crippen LogP contribution is -2.46. The first kappa shape index (κ1) is 19.0. The van der Waals surface area contributed by atoms with Gasteiger partial charge in [-0.2, -0.15) is 0 Å². The van der Waals surface area contributed by atoms with Crippen LogP contribution in [0, 0.1) is 0 Å². The maximum Gasteiger partial charge on any atom is 0.408 e. The summed E-state index contributed by atoms with van der Waals surface area (Å²) in [6, 6.07) is 7.01. The van der Waals surface area contributed by atoms with Gasteiger partial charge in [-0.3, -0.25) is 9.69 Å². The third-order valence-electron chi connectivity index (χ3n) is 4.60. The van der Waals surface area contributed by atoms with Crippen LogP contribution in [0.25, 0.3) is 0 Å². The number of ketones is 1. The Morgan fingerprint density at radius 3 is 2.28 bits per heavy atom. The Morgan fingerprint density at radius 1 is 1.20 bits per heavy atom. The third kappa shape index (κ3) is 4.41. The van der Waals surface area contributed by atoms with Crippen molar-refractivity contribution in [1.29, 1.82) is 0 Å². The van der Waals surface area contributed by atoms with Crippen LogP contribution in [0.1, 0.15) is 62.5 Å². The molecule has 1 atom stereocenters. The van der Waals surface area contributed by atoms with Gasteiger partial charge in [-0.15, -0.1) is 0 Å². The fourth-order valence-electron chi connectivity index (χ4n) is 3.37. The first-order valence-corrected chi connectivity index (χ1v) is 8.69. The fourth-order valence-corrected chi connectivity index (χ4v) is 3.37. The van der Waals surface area contributed by atoms with Gasteiger partial charge in [0.25, 0.3) is 0 Å².